The van der Waals surface area contributed by atoms with Crippen molar-refractivity contribution < 1.29 is 4.42 Å². The van der Waals surface area contributed by atoms with Crippen LogP contribution in [0.2, 0.25) is 0 Å². The Hall–Kier alpha value is -6.11. The third-order valence-corrected chi connectivity index (χ3v) is 10.4. The van der Waals surface area contributed by atoms with Gasteiger partial charge < -0.3 is 9.73 Å². The minimum Gasteiger partial charge on any atom is -0.455 e. The van der Waals surface area contributed by atoms with Crippen molar-refractivity contribution in [2.24, 2.45) is 0 Å². The van der Waals surface area contributed by atoms with Gasteiger partial charge >= 0.3 is 0 Å². The Morgan fingerprint density at radius 2 is 1.29 bits per heavy atom. The molecule has 0 radical (unpaired) electrons. The zero-order valence-corrected chi connectivity index (χ0v) is 26.5. The first-order valence-electron chi connectivity index (χ1n) is 16.0. The molecule has 0 fully saturated rings. The maximum Gasteiger partial charge on any atom is 0.165 e. The molecular weight excluding hydrogens is 609 g/mol. The monoisotopic (exact) mass is 634 g/mol. The van der Waals surface area contributed by atoms with Crippen LogP contribution in [0.3, 0.4) is 0 Å². The Bertz CT molecular complexity index is 2730. The molecule has 10 rings (SSSR count). The second-order valence-corrected chi connectivity index (χ2v) is 13.1. The second-order valence-electron chi connectivity index (χ2n) is 12.0. The topological polar surface area (TPSA) is 63.8 Å². The summed E-state index contributed by atoms with van der Waals surface area (Å²) in [5, 5.41) is 7.86. The van der Waals surface area contributed by atoms with Crippen LogP contribution >= 0.6 is 11.3 Å². The number of hydrogen-bond donors (Lipinski definition) is 1. The quantitative estimate of drug-likeness (QED) is 0.209. The van der Waals surface area contributed by atoms with E-state index in [-0.39, 0.29) is 0 Å². The fourth-order valence-electron chi connectivity index (χ4n) is 6.90. The van der Waals surface area contributed by atoms with Crippen LogP contribution < -0.4 is 5.32 Å². The average molecular weight is 635 g/mol. The second kappa shape index (κ2) is 10.7. The molecule has 48 heavy (non-hydrogen) atoms. The minimum atomic E-state index is 0.611. The number of thiophene rings is 1. The van der Waals surface area contributed by atoms with Crippen LogP contribution in [0.25, 0.3) is 93.5 Å². The van der Waals surface area contributed by atoms with Gasteiger partial charge in [0.1, 0.15) is 11.2 Å². The number of benzene rings is 6. The summed E-state index contributed by atoms with van der Waals surface area (Å²) >= 11 is 1.78. The number of nitrogens with one attached hydrogen (secondary N) is 1. The first-order chi connectivity index (χ1) is 23.8. The standard InChI is InChI=1S/C42H26N4OS/c1-3-10-25(11-4-1)29-18-19-32(37-34-22-28-24-43-21-20-27(28)23-35(34)47-38(29)37)41-44-40(26-12-5-2-6-13-26)45-42(46-41)33-16-9-15-31-30-14-7-8-17-36(30)48-39(31)33/h1-23,43H,24H2. The number of nitrogens with zero attached hydrogens (tertiary/aromatic N) is 3. The Balaban J connectivity index is 1.28. The average Bonchev–Trinajstić information content (AvgIpc) is 3.72. The van der Waals surface area contributed by atoms with Crippen molar-refractivity contribution in [3.63, 3.8) is 0 Å². The zero-order chi connectivity index (χ0) is 31.6. The molecule has 0 aliphatic carbocycles. The largest absolute Gasteiger partial charge is 0.455 e. The molecule has 0 atom stereocenters. The van der Waals surface area contributed by atoms with E-state index in [1.807, 2.05) is 30.5 Å². The van der Waals surface area contributed by atoms with E-state index in [0.717, 1.165) is 61.9 Å². The lowest BCUT2D eigenvalue weighted by Gasteiger charge is -2.12. The fraction of sp³-hybridized carbons (Fsp3) is 0.0238. The van der Waals surface area contributed by atoms with Crippen molar-refractivity contribution in [2.75, 3.05) is 0 Å². The normalized spacial score (nSPS) is 12.6. The van der Waals surface area contributed by atoms with Crippen molar-refractivity contribution in [3.05, 3.63) is 145 Å². The number of rotatable bonds is 4. The maximum atomic E-state index is 6.76. The smallest absolute Gasteiger partial charge is 0.165 e. The minimum absolute atomic E-state index is 0.611. The van der Waals surface area contributed by atoms with E-state index >= 15 is 0 Å². The van der Waals surface area contributed by atoms with Gasteiger partial charge in [-0.05, 0) is 65.4 Å². The number of aromatic nitrogens is 3. The molecule has 0 unspecified atom stereocenters. The molecule has 3 aromatic heterocycles. The molecule has 4 heterocycles. The molecule has 0 amide bonds. The van der Waals surface area contributed by atoms with E-state index in [2.05, 4.69) is 115 Å². The van der Waals surface area contributed by atoms with E-state index < -0.39 is 0 Å². The summed E-state index contributed by atoms with van der Waals surface area (Å²) in [6.07, 6.45) is 4.09. The molecule has 0 saturated carbocycles. The first-order valence-corrected chi connectivity index (χ1v) is 16.8. The molecule has 0 spiro atoms. The van der Waals surface area contributed by atoms with Crippen LogP contribution in [0, 0.1) is 0 Å². The van der Waals surface area contributed by atoms with Crippen molar-refractivity contribution in [1.82, 2.24) is 20.3 Å². The summed E-state index contributed by atoms with van der Waals surface area (Å²) < 4.78 is 9.17. The van der Waals surface area contributed by atoms with Crippen LogP contribution in [0.15, 0.2) is 138 Å². The van der Waals surface area contributed by atoms with E-state index in [4.69, 9.17) is 19.4 Å². The number of furan rings is 1. The van der Waals surface area contributed by atoms with E-state index in [1.165, 1.54) is 25.7 Å². The lowest BCUT2D eigenvalue weighted by molar-refractivity contribution is 0.669. The van der Waals surface area contributed by atoms with Crippen LogP contribution in [-0.4, -0.2) is 15.0 Å². The molecule has 5 nitrogen and oxygen atoms in total. The lowest BCUT2D eigenvalue weighted by atomic mass is 9.96. The molecule has 9 aromatic rings. The predicted molar refractivity (Wildman–Crippen MR) is 198 cm³/mol. The molecule has 1 N–H and O–H groups in total. The van der Waals surface area contributed by atoms with E-state index in [9.17, 15) is 0 Å². The highest BCUT2D eigenvalue weighted by Crippen LogP contribution is 2.44. The molecule has 0 bridgehead atoms. The van der Waals surface area contributed by atoms with Crippen LogP contribution in [0.1, 0.15) is 11.1 Å². The van der Waals surface area contributed by atoms with Crippen molar-refractivity contribution in [2.45, 2.75) is 6.54 Å². The van der Waals surface area contributed by atoms with Gasteiger partial charge in [-0.3, -0.25) is 0 Å². The highest BCUT2D eigenvalue weighted by Gasteiger charge is 2.23. The van der Waals surface area contributed by atoms with Crippen molar-refractivity contribution in [1.29, 1.82) is 0 Å². The fourth-order valence-corrected chi connectivity index (χ4v) is 8.11. The third kappa shape index (κ3) is 4.27. The zero-order valence-electron chi connectivity index (χ0n) is 25.6. The summed E-state index contributed by atoms with van der Waals surface area (Å²) in [7, 11) is 0. The van der Waals surface area contributed by atoms with Crippen LogP contribution in [0.5, 0.6) is 0 Å². The van der Waals surface area contributed by atoms with E-state index in [1.54, 1.807) is 11.3 Å². The van der Waals surface area contributed by atoms with Crippen LogP contribution in [-0.2, 0) is 6.54 Å². The third-order valence-electron chi connectivity index (χ3n) is 9.19. The predicted octanol–water partition coefficient (Wildman–Crippen LogP) is 10.9. The molecule has 226 valence electrons. The summed E-state index contributed by atoms with van der Waals surface area (Å²) in [4.78, 5) is 15.5. The molecule has 1 aliphatic heterocycles. The first kappa shape index (κ1) is 27.0. The van der Waals surface area contributed by atoms with Crippen molar-refractivity contribution >= 4 is 59.5 Å². The Morgan fingerprint density at radius 3 is 2.15 bits per heavy atom. The number of fused-ring (bicyclic) bond motifs is 7. The summed E-state index contributed by atoms with van der Waals surface area (Å²) in [5.74, 6) is 1.89. The van der Waals surface area contributed by atoms with E-state index in [0.29, 0.717) is 17.5 Å². The van der Waals surface area contributed by atoms with Gasteiger partial charge in [0, 0.05) is 59.7 Å². The Morgan fingerprint density at radius 1 is 0.583 bits per heavy atom. The Kier molecular flexibility index (Phi) is 6.04. The highest BCUT2D eigenvalue weighted by molar-refractivity contribution is 7.26. The SMILES string of the molecule is C1=Cc2cc3oc4c(-c5ccccc5)ccc(-c5nc(-c6ccccc6)nc(-c6cccc7c6sc6ccccc67)n5)c4c3cc2CN1. The molecule has 6 aromatic carbocycles. The van der Waals surface area contributed by atoms with Gasteiger partial charge in [-0.15, -0.1) is 11.3 Å². The van der Waals surface area contributed by atoms with Gasteiger partial charge in [-0.1, -0.05) is 91.0 Å². The highest BCUT2D eigenvalue weighted by atomic mass is 32.1. The van der Waals surface area contributed by atoms with Crippen molar-refractivity contribution in [3.8, 4) is 45.3 Å². The van der Waals surface area contributed by atoms with Gasteiger partial charge in [-0.25, -0.2) is 15.0 Å². The van der Waals surface area contributed by atoms with Gasteiger partial charge in [0.05, 0.1) is 0 Å². The number of hydrogen-bond acceptors (Lipinski definition) is 6. The maximum absolute atomic E-state index is 6.76. The lowest BCUT2D eigenvalue weighted by Crippen LogP contribution is -2.09. The van der Waals surface area contributed by atoms with Gasteiger partial charge in [-0.2, -0.15) is 0 Å². The molecular formula is C42H26N4OS. The van der Waals surface area contributed by atoms with Crippen LogP contribution in [0.4, 0.5) is 0 Å². The van der Waals surface area contributed by atoms with Gasteiger partial charge in [0.25, 0.3) is 0 Å². The summed E-state index contributed by atoms with van der Waals surface area (Å²) in [5.41, 5.74) is 9.02. The summed E-state index contributed by atoms with van der Waals surface area (Å²) in [6.45, 7) is 0.759. The van der Waals surface area contributed by atoms with Gasteiger partial charge in [0.2, 0.25) is 0 Å². The molecule has 6 heteroatoms. The molecule has 0 saturated heterocycles. The Labute approximate surface area is 279 Å². The summed E-state index contributed by atoms with van der Waals surface area (Å²) in [6, 6.07) is 44.2. The van der Waals surface area contributed by atoms with Gasteiger partial charge in [0.15, 0.2) is 17.5 Å². The molecule has 1 aliphatic rings.